The van der Waals surface area contributed by atoms with Crippen LogP contribution in [0.2, 0.25) is 0 Å². The summed E-state index contributed by atoms with van der Waals surface area (Å²) in [6.07, 6.45) is -0.513. The summed E-state index contributed by atoms with van der Waals surface area (Å²) in [6.45, 7) is 0.121. The Labute approximate surface area is 114 Å². The summed E-state index contributed by atoms with van der Waals surface area (Å²) in [7, 11) is 0. The van der Waals surface area contributed by atoms with Crippen LogP contribution < -0.4 is 5.32 Å². The maximum Gasteiger partial charge on any atom is 0.225 e. The number of aliphatic hydroxyl groups excluding tert-OH is 1. The molecule has 0 bridgehead atoms. The van der Waals surface area contributed by atoms with Crippen molar-refractivity contribution in [1.82, 2.24) is 5.32 Å². The molecule has 0 saturated carbocycles. The van der Waals surface area contributed by atoms with Crippen LogP contribution in [-0.2, 0) is 11.2 Å². The molecule has 1 unspecified atom stereocenters. The van der Waals surface area contributed by atoms with Crippen LogP contribution in [0.25, 0.3) is 0 Å². The minimum Gasteiger partial charge on any atom is -0.387 e. The number of benzene rings is 1. The number of nitrogens with one attached hydrogen (secondary N) is 1. The Morgan fingerprint density at radius 3 is 2.68 bits per heavy atom. The number of rotatable bonds is 5. The molecule has 1 amide bonds. The van der Waals surface area contributed by atoms with Crippen molar-refractivity contribution in [3.05, 3.63) is 58.0 Å². The molecule has 5 heteroatoms. The molecule has 19 heavy (non-hydrogen) atoms. The topological polar surface area (TPSA) is 49.3 Å². The zero-order valence-corrected chi connectivity index (χ0v) is 11.0. The van der Waals surface area contributed by atoms with Gasteiger partial charge in [-0.1, -0.05) is 18.2 Å². The summed E-state index contributed by atoms with van der Waals surface area (Å²) in [5.74, 6) is -0.485. The van der Waals surface area contributed by atoms with Crippen LogP contribution >= 0.6 is 11.3 Å². The molecule has 1 aromatic carbocycles. The highest BCUT2D eigenvalue weighted by Gasteiger charge is 2.10. The molecule has 0 saturated heterocycles. The van der Waals surface area contributed by atoms with E-state index in [9.17, 15) is 14.3 Å². The monoisotopic (exact) mass is 279 g/mol. The molecule has 0 aliphatic carbocycles. The molecule has 1 heterocycles. The van der Waals surface area contributed by atoms with Gasteiger partial charge in [0.25, 0.3) is 0 Å². The summed E-state index contributed by atoms with van der Waals surface area (Å²) in [6, 6.07) is 9.36. The smallest absolute Gasteiger partial charge is 0.225 e. The van der Waals surface area contributed by atoms with Crippen molar-refractivity contribution in [1.29, 1.82) is 0 Å². The van der Waals surface area contributed by atoms with E-state index in [0.717, 1.165) is 4.88 Å². The second-order valence-corrected chi connectivity index (χ2v) is 5.16. The molecular weight excluding hydrogens is 265 g/mol. The number of thiophene rings is 1. The van der Waals surface area contributed by atoms with Gasteiger partial charge in [-0.15, -0.1) is 11.3 Å². The van der Waals surface area contributed by atoms with Gasteiger partial charge in [-0.05, 0) is 29.1 Å². The Balaban J connectivity index is 1.81. The van der Waals surface area contributed by atoms with E-state index >= 15 is 0 Å². The number of carbonyl (C=O) groups is 1. The fourth-order valence-corrected chi connectivity index (χ4v) is 2.35. The van der Waals surface area contributed by atoms with Gasteiger partial charge < -0.3 is 10.4 Å². The minimum absolute atomic E-state index is 0.121. The lowest BCUT2D eigenvalue weighted by atomic mass is 10.1. The number of halogens is 1. The first-order valence-electron chi connectivity index (χ1n) is 5.88. The maximum atomic E-state index is 12.7. The van der Waals surface area contributed by atoms with Gasteiger partial charge >= 0.3 is 0 Å². The van der Waals surface area contributed by atoms with Gasteiger partial charge in [-0.25, -0.2) is 4.39 Å². The average molecular weight is 279 g/mol. The maximum absolute atomic E-state index is 12.7. The van der Waals surface area contributed by atoms with Crippen molar-refractivity contribution in [2.45, 2.75) is 12.5 Å². The van der Waals surface area contributed by atoms with Gasteiger partial charge in [0.1, 0.15) is 5.82 Å². The largest absolute Gasteiger partial charge is 0.387 e. The van der Waals surface area contributed by atoms with E-state index in [1.807, 2.05) is 17.5 Å². The fourth-order valence-electron chi connectivity index (χ4n) is 1.65. The first-order chi connectivity index (χ1) is 9.15. The Morgan fingerprint density at radius 1 is 1.32 bits per heavy atom. The normalized spacial score (nSPS) is 12.1. The molecule has 2 aromatic rings. The molecule has 0 aliphatic heterocycles. The molecule has 100 valence electrons. The van der Waals surface area contributed by atoms with E-state index in [2.05, 4.69) is 5.32 Å². The van der Waals surface area contributed by atoms with Crippen molar-refractivity contribution < 1.29 is 14.3 Å². The van der Waals surface area contributed by atoms with Gasteiger partial charge in [0, 0.05) is 11.4 Å². The molecule has 0 fully saturated rings. The summed E-state index contributed by atoms with van der Waals surface area (Å²) in [5, 5.41) is 14.4. The van der Waals surface area contributed by atoms with Gasteiger partial charge in [0.15, 0.2) is 0 Å². The van der Waals surface area contributed by atoms with Crippen LogP contribution in [0.3, 0.4) is 0 Å². The number of aliphatic hydroxyl groups is 1. The minimum atomic E-state index is -0.826. The van der Waals surface area contributed by atoms with Crippen LogP contribution in [0.1, 0.15) is 16.5 Å². The van der Waals surface area contributed by atoms with E-state index in [1.54, 1.807) is 0 Å². The molecule has 1 atom stereocenters. The van der Waals surface area contributed by atoms with Crippen molar-refractivity contribution in [3.63, 3.8) is 0 Å². The van der Waals surface area contributed by atoms with Crippen LogP contribution in [0.4, 0.5) is 4.39 Å². The molecule has 1 aromatic heterocycles. The number of hydrogen-bond donors (Lipinski definition) is 2. The van der Waals surface area contributed by atoms with Gasteiger partial charge in [-0.3, -0.25) is 4.79 Å². The molecular formula is C14H14FNO2S. The van der Waals surface area contributed by atoms with E-state index in [1.165, 1.54) is 35.6 Å². The zero-order chi connectivity index (χ0) is 13.7. The first-order valence-corrected chi connectivity index (χ1v) is 6.76. The van der Waals surface area contributed by atoms with Gasteiger partial charge in [-0.2, -0.15) is 0 Å². The number of carbonyl (C=O) groups excluding carboxylic acids is 1. The van der Waals surface area contributed by atoms with E-state index in [-0.39, 0.29) is 18.3 Å². The standard InChI is InChI=1S/C14H14FNO2S/c15-11-5-3-10(4-6-11)13(17)9-16-14(18)8-12-2-1-7-19-12/h1-7,13,17H,8-9H2,(H,16,18). The summed E-state index contributed by atoms with van der Waals surface area (Å²) >= 11 is 1.52. The predicted octanol–water partition coefficient (Wildman–Crippen LogP) is 2.28. The summed E-state index contributed by atoms with van der Waals surface area (Å²) in [5.41, 5.74) is 0.581. The lowest BCUT2D eigenvalue weighted by Gasteiger charge is -2.12. The Morgan fingerprint density at radius 2 is 2.05 bits per heavy atom. The Kier molecular flexibility index (Phi) is 4.65. The molecule has 0 spiro atoms. The summed E-state index contributed by atoms with van der Waals surface area (Å²) in [4.78, 5) is 12.6. The number of hydrogen-bond acceptors (Lipinski definition) is 3. The van der Waals surface area contributed by atoms with E-state index < -0.39 is 6.10 Å². The molecule has 2 rings (SSSR count). The Hall–Kier alpha value is -1.72. The highest BCUT2D eigenvalue weighted by molar-refractivity contribution is 7.10. The van der Waals surface area contributed by atoms with Crippen LogP contribution in [0, 0.1) is 5.82 Å². The highest BCUT2D eigenvalue weighted by atomic mass is 32.1. The number of amides is 1. The lowest BCUT2D eigenvalue weighted by Crippen LogP contribution is -2.29. The quantitative estimate of drug-likeness (QED) is 0.882. The van der Waals surface area contributed by atoms with Crippen molar-refractivity contribution in [3.8, 4) is 0 Å². The summed E-state index contributed by atoms with van der Waals surface area (Å²) < 4.78 is 12.7. The Bertz CT molecular complexity index is 525. The average Bonchev–Trinajstić information content (AvgIpc) is 2.89. The lowest BCUT2D eigenvalue weighted by molar-refractivity contribution is -0.120. The highest BCUT2D eigenvalue weighted by Crippen LogP contribution is 2.13. The second kappa shape index (κ2) is 6.45. The zero-order valence-electron chi connectivity index (χ0n) is 10.2. The van der Waals surface area contributed by atoms with Crippen LogP contribution in [0.5, 0.6) is 0 Å². The van der Waals surface area contributed by atoms with Gasteiger partial charge in [0.05, 0.1) is 12.5 Å². The third-order valence-electron chi connectivity index (χ3n) is 2.66. The van der Waals surface area contributed by atoms with Gasteiger partial charge in [0.2, 0.25) is 5.91 Å². The molecule has 0 aliphatic rings. The second-order valence-electron chi connectivity index (χ2n) is 4.13. The van der Waals surface area contributed by atoms with Crippen molar-refractivity contribution in [2.24, 2.45) is 0 Å². The van der Waals surface area contributed by atoms with Crippen LogP contribution in [0.15, 0.2) is 41.8 Å². The van der Waals surface area contributed by atoms with Crippen molar-refractivity contribution >= 4 is 17.2 Å². The fraction of sp³-hybridized carbons (Fsp3) is 0.214. The van der Waals surface area contributed by atoms with Crippen molar-refractivity contribution in [2.75, 3.05) is 6.54 Å². The predicted molar refractivity (Wildman–Crippen MR) is 72.4 cm³/mol. The first kappa shape index (κ1) is 13.7. The van der Waals surface area contributed by atoms with E-state index in [0.29, 0.717) is 12.0 Å². The third-order valence-corrected chi connectivity index (χ3v) is 3.54. The van der Waals surface area contributed by atoms with E-state index in [4.69, 9.17) is 0 Å². The SMILES string of the molecule is O=C(Cc1cccs1)NCC(O)c1ccc(F)cc1. The molecule has 2 N–H and O–H groups in total. The molecule has 0 radical (unpaired) electrons. The van der Waals surface area contributed by atoms with Crippen LogP contribution in [-0.4, -0.2) is 17.6 Å². The third kappa shape index (κ3) is 4.15. The molecule has 3 nitrogen and oxygen atoms in total.